The number of rotatable bonds is 4. The predicted octanol–water partition coefficient (Wildman–Crippen LogP) is 3.19. The lowest BCUT2D eigenvalue weighted by Crippen LogP contribution is -2.46. The van der Waals surface area contributed by atoms with Crippen molar-refractivity contribution in [2.75, 3.05) is 13.1 Å². The van der Waals surface area contributed by atoms with Crippen LogP contribution in [0.1, 0.15) is 56.9 Å². The summed E-state index contributed by atoms with van der Waals surface area (Å²) in [4.78, 5) is 2.65. The quantitative estimate of drug-likeness (QED) is 0.858. The zero-order valence-electron chi connectivity index (χ0n) is 15.9. The molecule has 1 aromatic carbocycles. The second kappa shape index (κ2) is 7.28. The van der Waals surface area contributed by atoms with Gasteiger partial charge in [-0.25, -0.2) is 0 Å². The van der Waals surface area contributed by atoms with Gasteiger partial charge < -0.3 is 14.7 Å². The SMILES string of the molecule is OC1NN=C(c2ccc(OC3CCN(C4CCC4)CC3)cc2)C2=C1CCC2. The molecule has 1 saturated heterocycles. The molecule has 0 bridgehead atoms. The third-order valence-corrected chi connectivity index (χ3v) is 6.67. The maximum atomic E-state index is 10.0. The van der Waals surface area contributed by atoms with Crippen LogP contribution < -0.4 is 10.2 Å². The lowest BCUT2D eigenvalue weighted by atomic mass is 9.90. The summed E-state index contributed by atoms with van der Waals surface area (Å²) in [5.74, 6) is 0.950. The van der Waals surface area contributed by atoms with E-state index in [0.29, 0.717) is 6.10 Å². The molecule has 1 aromatic rings. The second-order valence-corrected chi connectivity index (χ2v) is 8.31. The highest BCUT2D eigenvalue weighted by molar-refractivity contribution is 6.13. The van der Waals surface area contributed by atoms with Crippen LogP contribution >= 0.6 is 0 Å². The van der Waals surface area contributed by atoms with E-state index in [1.54, 1.807) is 0 Å². The van der Waals surface area contributed by atoms with Crippen molar-refractivity contribution in [3.63, 3.8) is 0 Å². The number of likely N-dealkylation sites (tertiary alicyclic amines) is 1. The molecule has 2 heterocycles. The topological polar surface area (TPSA) is 57.1 Å². The standard InChI is InChI=1S/C22H29N3O2/c26-22-20-6-2-5-19(20)21(23-24-22)15-7-9-17(10-8-15)27-18-11-13-25(14-12-18)16-3-1-4-16/h7-10,16,18,22,24,26H,1-6,11-14H2. The average molecular weight is 367 g/mol. The highest BCUT2D eigenvalue weighted by Crippen LogP contribution is 2.33. The zero-order valence-corrected chi connectivity index (χ0v) is 15.9. The number of allylic oxidation sites excluding steroid dienone is 1. The molecule has 5 rings (SSSR count). The summed E-state index contributed by atoms with van der Waals surface area (Å²) < 4.78 is 6.25. The van der Waals surface area contributed by atoms with E-state index in [0.717, 1.165) is 60.7 Å². The molecule has 0 aromatic heterocycles. The van der Waals surface area contributed by atoms with Crippen molar-refractivity contribution in [3.05, 3.63) is 41.0 Å². The highest BCUT2D eigenvalue weighted by Gasteiger charge is 2.30. The van der Waals surface area contributed by atoms with Crippen LogP contribution in [-0.4, -0.2) is 47.2 Å². The van der Waals surface area contributed by atoms with Crippen molar-refractivity contribution < 1.29 is 9.84 Å². The smallest absolute Gasteiger partial charge is 0.162 e. The number of aliphatic hydroxyl groups is 1. The first-order chi connectivity index (χ1) is 13.3. The first-order valence-electron chi connectivity index (χ1n) is 10.5. The van der Waals surface area contributed by atoms with Gasteiger partial charge in [0.25, 0.3) is 0 Å². The lowest BCUT2D eigenvalue weighted by Gasteiger charge is -2.41. The predicted molar refractivity (Wildman–Crippen MR) is 106 cm³/mol. The Morgan fingerprint density at radius 2 is 1.78 bits per heavy atom. The van der Waals surface area contributed by atoms with Crippen LogP contribution in [0.2, 0.25) is 0 Å². The van der Waals surface area contributed by atoms with Gasteiger partial charge in [0.05, 0.1) is 5.71 Å². The van der Waals surface area contributed by atoms with Crippen LogP contribution in [-0.2, 0) is 0 Å². The van der Waals surface area contributed by atoms with Gasteiger partial charge in [0.15, 0.2) is 6.23 Å². The zero-order chi connectivity index (χ0) is 18.2. The largest absolute Gasteiger partial charge is 0.490 e. The number of piperidine rings is 1. The molecule has 4 aliphatic rings. The van der Waals surface area contributed by atoms with Crippen molar-refractivity contribution in [2.24, 2.45) is 5.10 Å². The molecule has 5 nitrogen and oxygen atoms in total. The summed E-state index contributed by atoms with van der Waals surface area (Å²) in [7, 11) is 0. The molecule has 1 saturated carbocycles. The fourth-order valence-electron chi connectivity index (χ4n) is 4.84. The number of hydrazone groups is 1. The van der Waals surface area contributed by atoms with E-state index in [4.69, 9.17) is 4.74 Å². The number of benzene rings is 1. The molecule has 144 valence electrons. The van der Waals surface area contributed by atoms with Crippen molar-refractivity contribution in [1.82, 2.24) is 10.3 Å². The van der Waals surface area contributed by atoms with Crippen LogP contribution in [0.15, 0.2) is 40.5 Å². The fraction of sp³-hybridized carbons (Fsp3) is 0.591. The molecule has 2 fully saturated rings. The Kier molecular flexibility index (Phi) is 4.66. The van der Waals surface area contributed by atoms with Gasteiger partial charge in [-0.2, -0.15) is 5.10 Å². The Morgan fingerprint density at radius 1 is 1.00 bits per heavy atom. The van der Waals surface area contributed by atoms with Crippen LogP contribution in [0.4, 0.5) is 0 Å². The summed E-state index contributed by atoms with van der Waals surface area (Å²) in [6.45, 7) is 2.35. The van der Waals surface area contributed by atoms with Gasteiger partial charge in [-0.15, -0.1) is 0 Å². The van der Waals surface area contributed by atoms with Gasteiger partial charge in [-0.1, -0.05) is 6.42 Å². The van der Waals surface area contributed by atoms with E-state index in [1.807, 2.05) is 0 Å². The first kappa shape index (κ1) is 17.3. The van der Waals surface area contributed by atoms with Crippen molar-refractivity contribution in [1.29, 1.82) is 0 Å². The molecule has 0 amide bonds. The molecule has 1 unspecified atom stereocenters. The molecule has 0 spiro atoms. The maximum absolute atomic E-state index is 10.0. The Hall–Kier alpha value is -1.85. The van der Waals surface area contributed by atoms with Gasteiger partial charge in [-0.05, 0) is 80.4 Å². The summed E-state index contributed by atoms with van der Waals surface area (Å²) in [6.07, 6.45) is 9.23. The van der Waals surface area contributed by atoms with Crippen LogP contribution in [0.5, 0.6) is 5.75 Å². The lowest BCUT2D eigenvalue weighted by molar-refractivity contribution is 0.0493. The minimum absolute atomic E-state index is 0.333. The second-order valence-electron chi connectivity index (χ2n) is 8.31. The first-order valence-corrected chi connectivity index (χ1v) is 10.5. The number of hydrogen-bond donors (Lipinski definition) is 2. The fourth-order valence-corrected chi connectivity index (χ4v) is 4.84. The molecule has 1 atom stereocenters. The number of aliphatic hydroxyl groups excluding tert-OH is 1. The minimum Gasteiger partial charge on any atom is -0.490 e. The molecule has 5 heteroatoms. The Morgan fingerprint density at radius 3 is 2.48 bits per heavy atom. The maximum Gasteiger partial charge on any atom is 0.162 e. The third kappa shape index (κ3) is 3.39. The summed E-state index contributed by atoms with van der Waals surface area (Å²) in [5.41, 5.74) is 7.26. The summed E-state index contributed by atoms with van der Waals surface area (Å²) >= 11 is 0. The van der Waals surface area contributed by atoms with Crippen LogP contribution in [0.25, 0.3) is 0 Å². The highest BCUT2D eigenvalue weighted by atomic mass is 16.5. The van der Waals surface area contributed by atoms with Gasteiger partial charge in [0.1, 0.15) is 11.9 Å². The molecular formula is C22H29N3O2. The van der Waals surface area contributed by atoms with Gasteiger partial charge >= 0.3 is 0 Å². The average Bonchev–Trinajstić information content (AvgIpc) is 3.14. The van der Waals surface area contributed by atoms with E-state index in [1.165, 1.54) is 37.9 Å². The molecule has 2 aliphatic carbocycles. The summed E-state index contributed by atoms with van der Waals surface area (Å²) in [6, 6.07) is 9.18. The van der Waals surface area contributed by atoms with Gasteiger partial charge in [-0.3, -0.25) is 5.43 Å². The van der Waals surface area contributed by atoms with E-state index in [9.17, 15) is 5.11 Å². The number of hydrogen-bond acceptors (Lipinski definition) is 5. The van der Waals surface area contributed by atoms with Crippen LogP contribution in [0, 0.1) is 0 Å². The monoisotopic (exact) mass is 367 g/mol. The number of ether oxygens (including phenoxy) is 1. The Bertz CT molecular complexity index is 743. The van der Waals surface area contributed by atoms with Gasteiger partial charge in [0.2, 0.25) is 0 Å². The van der Waals surface area contributed by atoms with E-state index < -0.39 is 6.23 Å². The third-order valence-electron chi connectivity index (χ3n) is 6.67. The van der Waals surface area contributed by atoms with Crippen molar-refractivity contribution in [3.8, 4) is 5.75 Å². The molecule has 27 heavy (non-hydrogen) atoms. The number of nitrogens with one attached hydrogen (secondary N) is 1. The molecule has 2 aliphatic heterocycles. The minimum atomic E-state index is -0.611. The normalized spacial score (nSPS) is 27.0. The molecular weight excluding hydrogens is 338 g/mol. The van der Waals surface area contributed by atoms with Crippen molar-refractivity contribution in [2.45, 2.75) is 69.7 Å². The Balaban J connectivity index is 1.21. The van der Waals surface area contributed by atoms with E-state index >= 15 is 0 Å². The molecule has 0 radical (unpaired) electrons. The van der Waals surface area contributed by atoms with Crippen LogP contribution in [0.3, 0.4) is 0 Å². The summed E-state index contributed by atoms with van der Waals surface area (Å²) in [5, 5.41) is 14.5. The Labute approximate surface area is 161 Å². The van der Waals surface area contributed by atoms with E-state index in [2.05, 4.69) is 39.7 Å². The van der Waals surface area contributed by atoms with Gasteiger partial charge in [0, 0.05) is 24.7 Å². The molecule has 2 N–H and O–H groups in total. The number of nitrogens with zero attached hydrogens (tertiary/aromatic N) is 2. The van der Waals surface area contributed by atoms with E-state index in [-0.39, 0.29) is 0 Å². The van der Waals surface area contributed by atoms with Crippen molar-refractivity contribution >= 4 is 5.71 Å².